The lowest BCUT2D eigenvalue weighted by Gasteiger charge is -2.23. The molecule has 7 nitrogen and oxygen atoms in total. The monoisotopic (exact) mass is 545 g/mol. The number of carbonyl (C=O) groups excluding carboxylic acids is 1. The molecule has 0 radical (unpaired) electrons. The Morgan fingerprint density at radius 1 is 1.18 bits per heavy atom. The molecule has 39 heavy (non-hydrogen) atoms. The first-order valence-corrected chi connectivity index (χ1v) is 13.4. The van der Waals surface area contributed by atoms with Crippen molar-refractivity contribution in [2.45, 2.75) is 77.7 Å². The molecule has 10 heteroatoms. The number of halogens is 3. The van der Waals surface area contributed by atoms with Crippen LogP contribution in [-0.4, -0.2) is 53.2 Å². The van der Waals surface area contributed by atoms with Crippen molar-refractivity contribution in [3.05, 3.63) is 52.9 Å². The van der Waals surface area contributed by atoms with Crippen LogP contribution in [0, 0.1) is 6.92 Å². The number of rotatable bonds is 7. The largest absolute Gasteiger partial charge is 0.492 e. The molecule has 2 aromatic rings. The Kier molecular flexibility index (Phi) is 8.44. The summed E-state index contributed by atoms with van der Waals surface area (Å²) in [7, 11) is 0. The van der Waals surface area contributed by atoms with E-state index in [4.69, 9.17) is 4.74 Å². The molecule has 2 atom stereocenters. The van der Waals surface area contributed by atoms with Crippen molar-refractivity contribution in [3.63, 3.8) is 0 Å². The number of aryl methyl sites for hydroxylation is 2. The van der Waals surface area contributed by atoms with Gasteiger partial charge in [-0.3, -0.25) is 9.88 Å². The van der Waals surface area contributed by atoms with Crippen molar-refractivity contribution in [2.24, 2.45) is 0 Å². The molecular weight excluding hydrogens is 507 g/mol. The number of amides is 2. The Labute approximate surface area is 228 Å². The molecule has 1 aliphatic carbocycles. The number of fused-ring (bicyclic) bond motifs is 1. The first-order chi connectivity index (χ1) is 18.3. The highest BCUT2D eigenvalue weighted by molar-refractivity contribution is 5.76. The molecule has 1 aliphatic heterocycles. The summed E-state index contributed by atoms with van der Waals surface area (Å²) in [5, 5.41) is 9.09. The van der Waals surface area contributed by atoms with E-state index in [1.807, 2.05) is 45.9 Å². The van der Waals surface area contributed by atoms with E-state index < -0.39 is 11.7 Å². The van der Waals surface area contributed by atoms with Crippen LogP contribution in [0.15, 0.2) is 30.3 Å². The number of urea groups is 1. The highest BCUT2D eigenvalue weighted by atomic mass is 19.4. The van der Waals surface area contributed by atoms with Gasteiger partial charge >= 0.3 is 12.2 Å². The predicted octanol–water partition coefficient (Wildman–Crippen LogP) is 6.05. The first-order valence-electron chi connectivity index (χ1n) is 13.4. The zero-order valence-corrected chi connectivity index (χ0v) is 23.2. The fourth-order valence-electron chi connectivity index (χ4n) is 5.08. The molecule has 1 fully saturated rings. The molecule has 212 valence electrons. The molecule has 2 heterocycles. The van der Waals surface area contributed by atoms with Crippen LogP contribution >= 0.6 is 0 Å². The number of nitrogens with one attached hydrogen (secondary N) is 3. The number of allylic oxidation sites excluding steroid dienone is 1. The van der Waals surface area contributed by atoms with Gasteiger partial charge in [-0.2, -0.15) is 13.2 Å². The van der Waals surface area contributed by atoms with Crippen molar-refractivity contribution in [2.75, 3.05) is 25.0 Å². The number of aromatic nitrogens is 1. The van der Waals surface area contributed by atoms with Gasteiger partial charge in [-0.15, -0.1) is 0 Å². The van der Waals surface area contributed by atoms with Gasteiger partial charge in [0.1, 0.15) is 12.4 Å². The number of alkyl halides is 3. The molecule has 0 bridgehead atoms. The van der Waals surface area contributed by atoms with Gasteiger partial charge in [-0.05, 0) is 72.1 Å². The van der Waals surface area contributed by atoms with Crippen LogP contribution < -0.4 is 20.7 Å². The van der Waals surface area contributed by atoms with E-state index >= 15 is 0 Å². The van der Waals surface area contributed by atoms with Gasteiger partial charge in [0.05, 0.1) is 11.3 Å². The summed E-state index contributed by atoms with van der Waals surface area (Å²) in [5.41, 5.74) is 2.56. The maximum atomic E-state index is 13.7. The number of benzene rings is 1. The molecule has 1 saturated heterocycles. The quantitative estimate of drug-likeness (QED) is 0.395. The van der Waals surface area contributed by atoms with Crippen LogP contribution in [0.2, 0.25) is 0 Å². The van der Waals surface area contributed by atoms with Gasteiger partial charge in [0.2, 0.25) is 0 Å². The highest BCUT2D eigenvalue weighted by Gasteiger charge is 2.32. The average molecular weight is 546 g/mol. The number of hydrogen-bond acceptors (Lipinski definition) is 5. The SMILES string of the molecule is Cc1cc(Nc2cc(OCCN3CC(NC(=O)NC(C)(C)C)CC3C)cc(C(F)(F)F)c2)c2c(n1)CCC=C2. The van der Waals surface area contributed by atoms with Gasteiger partial charge in [-0.25, -0.2) is 4.79 Å². The van der Waals surface area contributed by atoms with Crippen LogP contribution in [0.3, 0.4) is 0 Å². The van der Waals surface area contributed by atoms with Crippen LogP contribution in [0.4, 0.5) is 29.3 Å². The molecule has 3 N–H and O–H groups in total. The van der Waals surface area contributed by atoms with E-state index in [0.29, 0.717) is 18.8 Å². The first kappa shape index (κ1) is 28.7. The second-order valence-corrected chi connectivity index (χ2v) is 11.5. The minimum absolute atomic E-state index is 0.00416. The van der Waals surface area contributed by atoms with Crippen molar-refractivity contribution in [3.8, 4) is 5.75 Å². The topological polar surface area (TPSA) is 78.5 Å². The fraction of sp³-hybridized carbons (Fsp3) is 0.517. The summed E-state index contributed by atoms with van der Waals surface area (Å²) in [4.78, 5) is 19.0. The van der Waals surface area contributed by atoms with Crippen LogP contribution in [-0.2, 0) is 12.6 Å². The smallest absolute Gasteiger partial charge is 0.416 e. The number of nitrogens with zero attached hydrogens (tertiary/aromatic N) is 2. The van der Waals surface area contributed by atoms with Gasteiger partial charge in [-0.1, -0.05) is 12.2 Å². The minimum Gasteiger partial charge on any atom is -0.492 e. The van der Waals surface area contributed by atoms with Crippen LogP contribution in [0.25, 0.3) is 6.08 Å². The Morgan fingerprint density at radius 3 is 2.67 bits per heavy atom. The molecule has 2 unspecified atom stereocenters. The zero-order chi connectivity index (χ0) is 28.4. The van der Waals surface area contributed by atoms with Gasteiger partial charge in [0.15, 0.2) is 0 Å². The third-order valence-electron chi connectivity index (χ3n) is 6.79. The number of hydrogen-bond donors (Lipinski definition) is 3. The van der Waals surface area contributed by atoms with E-state index in [-0.39, 0.29) is 36.0 Å². The van der Waals surface area contributed by atoms with Gasteiger partial charge in [0.25, 0.3) is 0 Å². The second kappa shape index (κ2) is 11.5. The Morgan fingerprint density at radius 2 is 1.95 bits per heavy atom. The van der Waals surface area contributed by atoms with E-state index in [2.05, 4.69) is 32.8 Å². The second-order valence-electron chi connectivity index (χ2n) is 11.5. The Balaban J connectivity index is 1.42. The molecule has 4 rings (SSSR count). The van der Waals surface area contributed by atoms with Crippen LogP contribution in [0.1, 0.15) is 63.1 Å². The molecule has 2 aliphatic rings. The third-order valence-corrected chi connectivity index (χ3v) is 6.79. The minimum atomic E-state index is -4.51. The molecule has 0 spiro atoms. The lowest BCUT2D eigenvalue weighted by atomic mass is 10.0. The summed E-state index contributed by atoms with van der Waals surface area (Å²) in [6, 6.07) is 5.57. The summed E-state index contributed by atoms with van der Waals surface area (Å²) in [5.74, 6) is 0.147. The van der Waals surface area contributed by atoms with E-state index in [1.54, 1.807) is 6.07 Å². The van der Waals surface area contributed by atoms with Gasteiger partial charge in [0, 0.05) is 59.4 Å². The fourth-order valence-corrected chi connectivity index (χ4v) is 5.08. The molecule has 0 saturated carbocycles. The van der Waals surface area contributed by atoms with Crippen molar-refractivity contribution in [1.29, 1.82) is 0 Å². The normalized spacial score (nSPS) is 19.5. The molecular formula is C29H38F3N5O2. The highest BCUT2D eigenvalue weighted by Crippen LogP contribution is 2.36. The Hall–Kier alpha value is -3.27. The standard InChI is InChI=1S/C29H38F3N5O2/c1-18-12-26(24-8-6-7-9-25(24)33-18)34-21-14-20(29(30,31)32)15-23(16-21)39-11-10-37-17-22(13-19(37)2)35-27(38)36-28(3,4)5/h6,8,12,14-16,19,22H,7,9-11,13,17H2,1-5H3,(H,33,34)(H2,35,36,38). The number of anilines is 2. The van der Waals surface area contributed by atoms with Crippen molar-refractivity contribution >= 4 is 23.5 Å². The van der Waals surface area contributed by atoms with E-state index in [9.17, 15) is 18.0 Å². The lowest BCUT2D eigenvalue weighted by Crippen LogP contribution is -2.50. The van der Waals surface area contributed by atoms with Crippen molar-refractivity contribution < 1.29 is 22.7 Å². The molecule has 1 aromatic carbocycles. The average Bonchev–Trinajstić information content (AvgIpc) is 3.15. The van der Waals surface area contributed by atoms with E-state index in [1.165, 1.54) is 0 Å². The third kappa shape index (κ3) is 7.88. The lowest BCUT2D eigenvalue weighted by molar-refractivity contribution is -0.137. The van der Waals surface area contributed by atoms with Crippen LogP contribution in [0.5, 0.6) is 5.75 Å². The van der Waals surface area contributed by atoms with Crippen molar-refractivity contribution in [1.82, 2.24) is 20.5 Å². The zero-order valence-electron chi connectivity index (χ0n) is 23.2. The van der Waals surface area contributed by atoms with E-state index in [0.717, 1.165) is 54.0 Å². The number of carbonyl (C=O) groups is 1. The summed E-state index contributed by atoms with van der Waals surface area (Å²) in [6.07, 6.45) is 1.97. The molecule has 2 amide bonds. The summed E-state index contributed by atoms with van der Waals surface area (Å²) >= 11 is 0. The number of ether oxygens (including phenoxy) is 1. The number of pyridine rings is 1. The molecule has 1 aromatic heterocycles. The summed E-state index contributed by atoms with van der Waals surface area (Å²) in [6.45, 7) is 11.1. The predicted molar refractivity (Wildman–Crippen MR) is 147 cm³/mol. The number of likely N-dealkylation sites (tertiary alicyclic amines) is 1. The Bertz CT molecular complexity index is 1220. The maximum Gasteiger partial charge on any atom is 0.416 e. The maximum absolute atomic E-state index is 13.7. The summed E-state index contributed by atoms with van der Waals surface area (Å²) < 4.78 is 47.1. The van der Waals surface area contributed by atoms with Gasteiger partial charge < -0.3 is 20.7 Å².